The zero-order valence-corrected chi connectivity index (χ0v) is 17.6. The van der Waals surface area contributed by atoms with Gasteiger partial charge in [-0.25, -0.2) is 0 Å². The standard InChI is InChI=1S/C21H20ClN3O3S/c1-14-11-19(24-28-14)23-20(26)12-25(2)21(27)16-5-3-15(4-6-16)13-29-18-9-7-17(22)8-10-18/h3-11H,12-13H2,1-2H3,(H,23,24,26). The van der Waals surface area contributed by atoms with Gasteiger partial charge in [-0.05, 0) is 48.9 Å². The Kier molecular flexibility index (Phi) is 6.95. The fraction of sp³-hybridized carbons (Fsp3) is 0.190. The van der Waals surface area contributed by atoms with Crippen LogP contribution in [0.5, 0.6) is 0 Å². The first kappa shape index (κ1) is 21.0. The molecule has 0 bridgehead atoms. The minimum atomic E-state index is -0.342. The summed E-state index contributed by atoms with van der Waals surface area (Å²) in [5.41, 5.74) is 1.63. The zero-order valence-electron chi connectivity index (χ0n) is 16.0. The lowest BCUT2D eigenvalue weighted by atomic mass is 10.1. The van der Waals surface area contributed by atoms with Gasteiger partial charge in [0.25, 0.3) is 5.91 Å². The first-order chi connectivity index (χ1) is 13.9. The molecule has 0 spiro atoms. The largest absolute Gasteiger partial charge is 0.360 e. The van der Waals surface area contributed by atoms with Crippen LogP contribution in [0, 0.1) is 6.92 Å². The van der Waals surface area contributed by atoms with Gasteiger partial charge in [0.15, 0.2) is 5.82 Å². The number of halogens is 1. The molecule has 150 valence electrons. The van der Waals surface area contributed by atoms with Gasteiger partial charge >= 0.3 is 0 Å². The molecule has 0 saturated carbocycles. The monoisotopic (exact) mass is 429 g/mol. The molecular weight excluding hydrogens is 410 g/mol. The highest BCUT2D eigenvalue weighted by atomic mass is 35.5. The average molecular weight is 430 g/mol. The van der Waals surface area contributed by atoms with Crippen LogP contribution in [0.1, 0.15) is 21.7 Å². The van der Waals surface area contributed by atoms with Crippen LogP contribution in [0.15, 0.2) is 64.0 Å². The number of anilines is 1. The zero-order chi connectivity index (χ0) is 20.8. The minimum Gasteiger partial charge on any atom is -0.360 e. The molecule has 29 heavy (non-hydrogen) atoms. The van der Waals surface area contributed by atoms with Crippen LogP contribution in [-0.4, -0.2) is 35.5 Å². The highest BCUT2D eigenvalue weighted by molar-refractivity contribution is 7.98. The Bertz CT molecular complexity index is 987. The highest BCUT2D eigenvalue weighted by Gasteiger charge is 2.16. The first-order valence-electron chi connectivity index (χ1n) is 8.86. The van der Waals surface area contributed by atoms with E-state index in [4.69, 9.17) is 16.1 Å². The lowest BCUT2D eigenvalue weighted by Gasteiger charge is -2.16. The normalized spacial score (nSPS) is 10.6. The highest BCUT2D eigenvalue weighted by Crippen LogP contribution is 2.24. The first-order valence-corrected chi connectivity index (χ1v) is 10.2. The number of hydrogen-bond donors (Lipinski definition) is 1. The van der Waals surface area contributed by atoms with E-state index < -0.39 is 0 Å². The predicted molar refractivity (Wildman–Crippen MR) is 114 cm³/mol. The van der Waals surface area contributed by atoms with E-state index in [0.717, 1.165) is 16.2 Å². The van der Waals surface area contributed by atoms with E-state index in [2.05, 4.69) is 10.5 Å². The molecule has 2 amide bonds. The molecule has 0 fully saturated rings. The van der Waals surface area contributed by atoms with Gasteiger partial charge in [-0.3, -0.25) is 9.59 Å². The van der Waals surface area contributed by atoms with Crippen molar-refractivity contribution in [3.05, 3.63) is 76.5 Å². The second kappa shape index (κ2) is 9.62. The molecule has 3 rings (SSSR count). The summed E-state index contributed by atoms with van der Waals surface area (Å²) in [5.74, 6) is 1.14. The maximum absolute atomic E-state index is 12.6. The Morgan fingerprint density at radius 3 is 2.45 bits per heavy atom. The van der Waals surface area contributed by atoms with Crippen LogP contribution in [0.2, 0.25) is 5.02 Å². The molecule has 8 heteroatoms. The molecule has 0 unspecified atom stereocenters. The van der Waals surface area contributed by atoms with Crippen molar-refractivity contribution >= 4 is 41.0 Å². The van der Waals surface area contributed by atoms with Gasteiger partial charge in [0.2, 0.25) is 5.91 Å². The molecular formula is C21H20ClN3O3S. The molecule has 0 aliphatic heterocycles. The Hall–Kier alpha value is -2.77. The Morgan fingerprint density at radius 2 is 1.83 bits per heavy atom. The van der Waals surface area contributed by atoms with Crippen LogP contribution in [-0.2, 0) is 10.5 Å². The van der Waals surface area contributed by atoms with Crippen molar-refractivity contribution in [2.45, 2.75) is 17.6 Å². The summed E-state index contributed by atoms with van der Waals surface area (Å²) in [5, 5.41) is 7.01. The third kappa shape index (κ3) is 6.10. The summed E-state index contributed by atoms with van der Waals surface area (Å²) in [6, 6.07) is 16.7. The maximum Gasteiger partial charge on any atom is 0.254 e. The fourth-order valence-corrected chi connectivity index (χ4v) is 3.54. The van der Waals surface area contributed by atoms with E-state index >= 15 is 0 Å². The summed E-state index contributed by atoms with van der Waals surface area (Å²) in [6.07, 6.45) is 0. The van der Waals surface area contributed by atoms with Crippen LogP contribution in [0.25, 0.3) is 0 Å². The van der Waals surface area contributed by atoms with Gasteiger partial charge in [-0.1, -0.05) is 28.9 Å². The predicted octanol–water partition coefficient (Wildman–Crippen LogP) is 4.64. The number of carbonyl (C=O) groups is 2. The molecule has 0 atom stereocenters. The van der Waals surface area contributed by atoms with Crippen LogP contribution in [0.3, 0.4) is 0 Å². The Morgan fingerprint density at radius 1 is 1.14 bits per heavy atom. The molecule has 2 aromatic carbocycles. The molecule has 1 N–H and O–H groups in total. The van der Waals surface area contributed by atoms with E-state index in [1.165, 1.54) is 4.90 Å². The van der Waals surface area contributed by atoms with Crippen molar-refractivity contribution in [1.82, 2.24) is 10.1 Å². The number of amides is 2. The number of rotatable bonds is 7. The second-order valence-corrected chi connectivity index (χ2v) is 7.96. The van der Waals surface area contributed by atoms with Crippen molar-refractivity contribution < 1.29 is 14.1 Å². The number of likely N-dealkylation sites (N-methyl/N-ethyl adjacent to an activating group) is 1. The van der Waals surface area contributed by atoms with Crippen molar-refractivity contribution in [1.29, 1.82) is 0 Å². The molecule has 6 nitrogen and oxygen atoms in total. The van der Waals surface area contributed by atoms with E-state index in [1.54, 1.807) is 43.9 Å². The Labute approximate surface area is 178 Å². The number of nitrogens with zero attached hydrogens (tertiary/aromatic N) is 2. The lowest BCUT2D eigenvalue weighted by molar-refractivity contribution is -0.116. The summed E-state index contributed by atoms with van der Waals surface area (Å²) >= 11 is 7.59. The number of nitrogens with one attached hydrogen (secondary N) is 1. The van der Waals surface area contributed by atoms with Gasteiger partial charge in [0.1, 0.15) is 5.76 Å². The second-order valence-electron chi connectivity index (χ2n) is 6.47. The number of carbonyl (C=O) groups excluding carboxylic acids is 2. The summed E-state index contributed by atoms with van der Waals surface area (Å²) in [7, 11) is 1.58. The molecule has 3 aromatic rings. The van der Waals surface area contributed by atoms with Crippen molar-refractivity contribution in [3.63, 3.8) is 0 Å². The summed E-state index contributed by atoms with van der Waals surface area (Å²) in [6.45, 7) is 1.65. The van der Waals surface area contributed by atoms with Gasteiger partial charge in [0.05, 0.1) is 6.54 Å². The van der Waals surface area contributed by atoms with Gasteiger partial charge in [0, 0.05) is 34.3 Å². The smallest absolute Gasteiger partial charge is 0.254 e. The molecule has 0 aliphatic rings. The van der Waals surface area contributed by atoms with E-state index in [1.807, 2.05) is 36.4 Å². The SMILES string of the molecule is Cc1cc(NC(=O)CN(C)C(=O)c2ccc(CSc3ccc(Cl)cc3)cc2)no1. The fourth-order valence-electron chi connectivity index (χ4n) is 2.56. The quantitative estimate of drug-likeness (QED) is 0.554. The topological polar surface area (TPSA) is 75.4 Å². The minimum absolute atomic E-state index is 0.0844. The summed E-state index contributed by atoms with van der Waals surface area (Å²) in [4.78, 5) is 27.1. The number of aromatic nitrogens is 1. The molecule has 0 aliphatic carbocycles. The van der Waals surface area contributed by atoms with Crippen molar-refractivity contribution in [2.75, 3.05) is 18.9 Å². The summed E-state index contributed by atoms with van der Waals surface area (Å²) < 4.78 is 4.90. The molecule has 0 radical (unpaired) electrons. The van der Waals surface area contributed by atoms with Crippen molar-refractivity contribution in [2.24, 2.45) is 0 Å². The molecule has 1 heterocycles. The van der Waals surface area contributed by atoms with Gasteiger partial charge in [-0.2, -0.15) is 0 Å². The third-order valence-corrected chi connectivity index (χ3v) is 5.38. The van der Waals surface area contributed by atoms with Gasteiger partial charge < -0.3 is 14.7 Å². The lowest BCUT2D eigenvalue weighted by Crippen LogP contribution is -2.35. The van der Waals surface area contributed by atoms with Crippen LogP contribution >= 0.6 is 23.4 Å². The van der Waals surface area contributed by atoms with Crippen LogP contribution in [0.4, 0.5) is 5.82 Å². The van der Waals surface area contributed by atoms with E-state index in [-0.39, 0.29) is 18.4 Å². The Balaban J connectivity index is 1.52. The van der Waals surface area contributed by atoms with E-state index in [9.17, 15) is 9.59 Å². The molecule has 0 saturated heterocycles. The van der Waals surface area contributed by atoms with E-state index in [0.29, 0.717) is 22.2 Å². The van der Waals surface area contributed by atoms with Gasteiger partial charge in [-0.15, -0.1) is 11.8 Å². The maximum atomic E-state index is 12.6. The number of thioether (sulfide) groups is 1. The third-order valence-electron chi connectivity index (χ3n) is 4.04. The molecule has 1 aromatic heterocycles. The average Bonchev–Trinajstić information content (AvgIpc) is 3.11. The van der Waals surface area contributed by atoms with Crippen LogP contribution < -0.4 is 5.32 Å². The number of aryl methyl sites for hydroxylation is 1. The number of benzene rings is 2. The number of hydrogen-bond acceptors (Lipinski definition) is 5. The van der Waals surface area contributed by atoms with Crippen molar-refractivity contribution in [3.8, 4) is 0 Å².